The molecular formula is C14H24N2OS. The lowest BCUT2D eigenvalue weighted by atomic mass is 9.83. The van der Waals surface area contributed by atoms with Crippen molar-refractivity contribution in [3.8, 4) is 0 Å². The van der Waals surface area contributed by atoms with E-state index in [9.17, 15) is 0 Å². The van der Waals surface area contributed by atoms with E-state index >= 15 is 0 Å². The van der Waals surface area contributed by atoms with Gasteiger partial charge in [0.1, 0.15) is 0 Å². The quantitative estimate of drug-likeness (QED) is 0.890. The molecule has 3 nitrogen and oxygen atoms in total. The molecule has 4 heteroatoms. The Balaban J connectivity index is 1.77. The fraction of sp³-hybridized carbons (Fsp3) is 0.786. The van der Waals surface area contributed by atoms with E-state index in [-0.39, 0.29) is 5.54 Å². The normalized spacial score (nSPS) is 19.3. The lowest BCUT2D eigenvalue weighted by Crippen LogP contribution is -2.46. The van der Waals surface area contributed by atoms with Crippen molar-refractivity contribution in [2.45, 2.75) is 64.0 Å². The molecule has 1 fully saturated rings. The highest BCUT2D eigenvalue weighted by molar-refractivity contribution is 7.09. The van der Waals surface area contributed by atoms with Crippen molar-refractivity contribution in [1.29, 1.82) is 0 Å². The maximum Gasteiger partial charge on any atom is 0.0954 e. The van der Waals surface area contributed by atoms with Crippen molar-refractivity contribution in [3.63, 3.8) is 0 Å². The summed E-state index contributed by atoms with van der Waals surface area (Å²) >= 11 is 1.72. The van der Waals surface area contributed by atoms with Crippen LogP contribution in [0.5, 0.6) is 0 Å². The first-order valence-electron chi connectivity index (χ1n) is 6.90. The standard InChI is InChI=1S/C14H24N2OS/c1-11(2)13-16-12(9-18-13)8-17-10-14(15)6-4-3-5-7-14/h9,11H,3-8,10,15H2,1-2H3. The Morgan fingerprint density at radius 2 is 2.11 bits per heavy atom. The van der Waals surface area contributed by atoms with Gasteiger partial charge in [-0.05, 0) is 12.8 Å². The van der Waals surface area contributed by atoms with Crippen LogP contribution in [0.25, 0.3) is 0 Å². The first-order valence-corrected chi connectivity index (χ1v) is 7.78. The van der Waals surface area contributed by atoms with E-state index in [1.165, 1.54) is 24.3 Å². The number of thiazole rings is 1. The lowest BCUT2D eigenvalue weighted by Gasteiger charge is -2.32. The van der Waals surface area contributed by atoms with E-state index in [1.54, 1.807) is 11.3 Å². The summed E-state index contributed by atoms with van der Waals surface area (Å²) in [6, 6.07) is 0. The third-order valence-corrected chi connectivity index (χ3v) is 4.75. The molecule has 1 aromatic heterocycles. The minimum Gasteiger partial charge on any atom is -0.373 e. The summed E-state index contributed by atoms with van der Waals surface area (Å²) in [5.41, 5.74) is 7.29. The van der Waals surface area contributed by atoms with E-state index < -0.39 is 0 Å². The third-order valence-electron chi connectivity index (χ3n) is 3.55. The van der Waals surface area contributed by atoms with Crippen LogP contribution in [-0.2, 0) is 11.3 Å². The summed E-state index contributed by atoms with van der Waals surface area (Å²) in [5.74, 6) is 0.503. The van der Waals surface area contributed by atoms with Crippen molar-refractivity contribution in [2.24, 2.45) is 5.73 Å². The largest absolute Gasteiger partial charge is 0.373 e. The number of rotatable bonds is 5. The number of nitrogens with two attached hydrogens (primary N) is 1. The minimum absolute atomic E-state index is 0.0881. The summed E-state index contributed by atoms with van der Waals surface area (Å²) in [5, 5.41) is 3.29. The van der Waals surface area contributed by atoms with E-state index in [0.717, 1.165) is 18.5 Å². The Morgan fingerprint density at radius 3 is 2.72 bits per heavy atom. The molecule has 1 heterocycles. The molecular weight excluding hydrogens is 244 g/mol. The van der Waals surface area contributed by atoms with Gasteiger partial charge in [0.2, 0.25) is 0 Å². The summed E-state index contributed by atoms with van der Waals surface area (Å²) in [7, 11) is 0. The van der Waals surface area contributed by atoms with E-state index in [0.29, 0.717) is 19.1 Å². The second kappa shape index (κ2) is 6.13. The molecule has 0 amide bonds. The molecule has 0 unspecified atom stereocenters. The van der Waals surface area contributed by atoms with Crippen LogP contribution in [-0.4, -0.2) is 17.1 Å². The molecule has 0 aliphatic heterocycles. The molecule has 0 aromatic carbocycles. The molecule has 18 heavy (non-hydrogen) atoms. The van der Waals surface area contributed by atoms with Crippen molar-refractivity contribution in [3.05, 3.63) is 16.1 Å². The SMILES string of the molecule is CC(C)c1nc(COCC2(N)CCCCC2)cs1. The van der Waals surface area contributed by atoms with Crippen LogP contribution in [0.15, 0.2) is 5.38 Å². The maximum atomic E-state index is 6.33. The van der Waals surface area contributed by atoms with Crippen LogP contribution in [0.4, 0.5) is 0 Å². The maximum absolute atomic E-state index is 6.33. The van der Waals surface area contributed by atoms with Crippen molar-refractivity contribution in [2.75, 3.05) is 6.61 Å². The molecule has 0 saturated heterocycles. The van der Waals surface area contributed by atoms with Gasteiger partial charge in [0.05, 0.1) is 23.9 Å². The number of hydrogen-bond donors (Lipinski definition) is 1. The highest BCUT2D eigenvalue weighted by atomic mass is 32.1. The zero-order valence-electron chi connectivity index (χ0n) is 11.4. The predicted molar refractivity (Wildman–Crippen MR) is 75.9 cm³/mol. The Labute approximate surface area is 114 Å². The number of hydrogen-bond acceptors (Lipinski definition) is 4. The highest BCUT2D eigenvalue weighted by Crippen LogP contribution is 2.26. The van der Waals surface area contributed by atoms with Crippen LogP contribution in [0.1, 0.15) is 62.6 Å². The lowest BCUT2D eigenvalue weighted by molar-refractivity contribution is 0.0560. The predicted octanol–water partition coefficient (Wildman–Crippen LogP) is 3.44. The average molecular weight is 268 g/mol. The van der Waals surface area contributed by atoms with Crippen LogP contribution in [0.3, 0.4) is 0 Å². The molecule has 1 aliphatic carbocycles. The van der Waals surface area contributed by atoms with Crippen molar-refractivity contribution >= 4 is 11.3 Å². The third kappa shape index (κ3) is 3.77. The van der Waals surface area contributed by atoms with Crippen LogP contribution in [0, 0.1) is 0 Å². The van der Waals surface area contributed by atoms with Gasteiger partial charge in [0, 0.05) is 16.8 Å². The van der Waals surface area contributed by atoms with Crippen LogP contribution >= 0.6 is 11.3 Å². The summed E-state index contributed by atoms with van der Waals surface area (Å²) in [6.45, 7) is 5.60. The fourth-order valence-corrected chi connectivity index (χ4v) is 3.23. The molecule has 1 aromatic rings. The number of ether oxygens (including phenoxy) is 1. The molecule has 0 spiro atoms. The molecule has 0 atom stereocenters. The fourth-order valence-electron chi connectivity index (χ4n) is 2.41. The van der Waals surface area contributed by atoms with Gasteiger partial charge in [-0.3, -0.25) is 0 Å². The van der Waals surface area contributed by atoms with E-state index in [1.807, 2.05) is 0 Å². The van der Waals surface area contributed by atoms with Gasteiger partial charge in [0.25, 0.3) is 0 Å². The Kier molecular flexibility index (Phi) is 4.76. The number of nitrogens with zero attached hydrogens (tertiary/aromatic N) is 1. The zero-order chi connectivity index (χ0) is 13.0. The second-order valence-electron chi connectivity index (χ2n) is 5.75. The van der Waals surface area contributed by atoms with Gasteiger partial charge >= 0.3 is 0 Å². The zero-order valence-corrected chi connectivity index (χ0v) is 12.3. The van der Waals surface area contributed by atoms with Crippen LogP contribution in [0.2, 0.25) is 0 Å². The molecule has 0 radical (unpaired) electrons. The van der Waals surface area contributed by atoms with Gasteiger partial charge in [-0.1, -0.05) is 33.1 Å². The Hall–Kier alpha value is -0.450. The van der Waals surface area contributed by atoms with Gasteiger partial charge in [-0.15, -0.1) is 11.3 Å². The molecule has 1 saturated carbocycles. The smallest absolute Gasteiger partial charge is 0.0954 e. The molecule has 1 aliphatic rings. The first kappa shape index (κ1) is 14.0. The highest BCUT2D eigenvalue weighted by Gasteiger charge is 2.27. The van der Waals surface area contributed by atoms with Gasteiger partial charge in [-0.25, -0.2) is 4.98 Å². The van der Waals surface area contributed by atoms with Gasteiger partial charge in [-0.2, -0.15) is 0 Å². The van der Waals surface area contributed by atoms with Crippen molar-refractivity contribution < 1.29 is 4.74 Å². The van der Waals surface area contributed by atoms with Crippen LogP contribution < -0.4 is 5.73 Å². The van der Waals surface area contributed by atoms with E-state index in [4.69, 9.17) is 10.5 Å². The monoisotopic (exact) mass is 268 g/mol. The van der Waals surface area contributed by atoms with Gasteiger partial charge in [0.15, 0.2) is 0 Å². The van der Waals surface area contributed by atoms with Gasteiger partial charge < -0.3 is 10.5 Å². The number of aromatic nitrogens is 1. The Bertz CT molecular complexity index is 370. The second-order valence-corrected chi connectivity index (χ2v) is 6.64. The summed E-state index contributed by atoms with van der Waals surface area (Å²) in [6.07, 6.45) is 6.01. The van der Waals surface area contributed by atoms with Crippen molar-refractivity contribution in [1.82, 2.24) is 4.98 Å². The molecule has 102 valence electrons. The molecule has 2 rings (SSSR count). The summed E-state index contributed by atoms with van der Waals surface area (Å²) < 4.78 is 5.77. The Morgan fingerprint density at radius 1 is 1.39 bits per heavy atom. The average Bonchev–Trinajstić information content (AvgIpc) is 2.78. The summed E-state index contributed by atoms with van der Waals surface area (Å²) in [4.78, 5) is 4.57. The molecule has 2 N–H and O–H groups in total. The van der Waals surface area contributed by atoms with E-state index in [2.05, 4.69) is 24.2 Å². The molecule has 0 bridgehead atoms. The topological polar surface area (TPSA) is 48.1 Å². The minimum atomic E-state index is -0.0881. The first-order chi connectivity index (χ1) is 8.59.